The largest absolute Gasteiger partial charge is 0.417 e. The van der Waals surface area contributed by atoms with Crippen molar-refractivity contribution in [2.24, 2.45) is 0 Å². The van der Waals surface area contributed by atoms with Gasteiger partial charge in [-0.1, -0.05) is 15.9 Å². The van der Waals surface area contributed by atoms with Crippen LogP contribution in [0.15, 0.2) is 47.2 Å². The van der Waals surface area contributed by atoms with Gasteiger partial charge in [-0.2, -0.15) is 13.2 Å². The minimum absolute atomic E-state index is 0.0446. The molecule has 0 saturated heterocycles. The monoisotopic (exact) mass is 358 g/mol. The van der Waals surface area contributed by atoms with Crippen molar-refractivity contribution < 1.29 is 18.0 Å². The van der Waals surface area contributed by atoms with Gasteiger partial charge < -0.3 is 4.90 Å². The molecule has 1 amide bonds. The maximum absolute atomic E-state index is 12.9. The van der Waals surface area contributed by atoms with E-state index < -0.39 is 17.6 Å². The predicted octanol–water partition coefficient (Wildman–Crippen LogP) is 4.14. The molecule has 0 fully saturated rings. The maximum Gasteiger partial charge on any atom is 0.417 e. The van der Waals surface area contributed by atoms with Crippen LogP contribution in [0.1, 0.15) is 15.9 Å². The minimum atomic E-state index is -4.53. The van der Waals surface area contributed by atoms with Gasteiger partial charge in [0, 0.05) is 23.3 Å². The van der Waals surface area contributed by atoms with E-state index in [0.717, 1.165) is 6.07 Å². The van der Waals surface area contributed by atoms with Gasteiger partial charge in [0.2, 0.25) is 0 Å². The molecule has 7 heteroatoms. The molecule has 0 atom stereocenters. The van der Waals surface area contributed by atoms with Gasteiger partial charge in [-0.05, 0) is 30.3 Å². The van der Waals surface area contributed by atoms with Crippen LogP contribution in [-0.4, -0.2) is 17.9 Å². The summed E-state index contributed by atoms with van der Waals surface area (Å²) in [6.07, 6.45) is -1.52. The lowest BCUT2D eigenvalue weighted by Gasteiger charge is -2.18. The molecule has 2 rings (SSSR count). The van der Waals surface area contributed by atoms with Crippen LogP contribution >= 0.6 is 15.9 Å². The standard InChI is InChI=1S/C14H10BrF3N2O/c1-20(10-3-2-6-19-8-10)13(21)9-4-5-12(15)11(7-9)14(16,17)18/h2-8H,1H3. The predicted molar refractivity (Wildman–Crippen MR) is 76.1 cm³/mol. The van der Waals surface area contributed by atoms with Gasteiger partial charge in [0.1, 0.15) is 0 Å². The quantitative estimate of drug-likeness (QED) is 0.808. The molecule has 1 heterocycles. The number of amides is 1. The first kappa shape index (κ1) is 15.5. The molecule has 2 aromatic rings. The second-order valence-electron chi connectivity index (χ2n) is 4.27. The molecular weight excluding hydrogens is 349 g/mol. The Labute approximate surface area is 127 Å². The fourth-order valence-electron chi connectivity index (χ4n) is 1.74. The average molecular weight is 359 g/mol. The maximum atomic E-state index is 12.9. The Balaban J connectivity index is 2.36. The van der Waals surface area contributed by atoms with Crippen LogP contribution in [0.5, 0.6) is 0 Å². The molecule has 21 heavy (non-hydrogen) atoms. The van der Waals surface area contributed by atoms with Gasteiger partial charge in [0.25, 0.3) is 5.91 Å². The molecule has 0 unspecified atom stereocenters. The van der Waals surface area contributed by atoms with E-state index in [1.54, 1.807) is 18.3 Å². The highest BCUT2D eigenvalue weighted by Gasteiger charge is 2.33. The van der Waals surface area contributed by atoms with E-state index in [1.165, 1.54) is 30.3 Å². The zero-order valence-corrected chi connectivity index (χ0v) is 12.4. The third-order valence-electron chi connectivity index (χ3n) is 2.86. The molecule has 0 spiro atoms. The molecular formula is C14H10BrF3N2O. The number of carbonyl (C=O) groups excluding carboxylic acids is 1. The zero-order chi connectivity index (χ0) is 15.6. The van der Waals surface area contributed by atoms with Crippen molar-refractivity contribution in [3.8, 4) is 0 Å². The molecule has 0 aliphatic rings. The summed E-state index contributed by atoms with van der Waals surface area (Å²) in [4.78, 5) is 17.4. The molecule has 1 aromatic heterocycles. The number of alkyl halides is 3. The van der Waals surface area contributed by atoms with Crippen molar-refractivity contribution in [2.45, 2.75) is 6.18 Å². The highest BCUT2D eigenvalue weighted by atomic mass is 79.9. The highest BCUT2D eigenvalue weighted by molar-refractivity contribution is 9.10. The number of nitrogens with zero attached hydrogens (tertiary/aromatic N) is 2. The minimum Gasteiger partial charge on any atom is -0.310 e. The molecule has 110 valence electrons. The van der Waals surface area contributed by atoms with Crippen molar-refractivity contribution in [3.05, 3.63) is 58.3 Å². The summed E-state index contributed by atoms with van der Waals surface area (Å²) >= 11 is 2.84. The smallest absolute Gasteiger partial charge is 0.310 e. The van der Waals surface area contributed by atoms with Gasteiger partial charge in [-0.15, -0.1) is 0 Å². The molecule has 0 aliphatic heterocycles. The van der Waals surface area contributed by atoms with Gasteiger partial charge in [-0.3, -0.25) is 9.78 Å². The number of halogens is 4. The Morgan fingerprint density at radius 2 is 2.00 bits per heavy atom. The summed E-state index contributed by atoms with van der Waals surface area (Å²) in [6.45, 7) is 0. The van der Waals surface area contributed by atoms with E-state index in [0.29, 0.717) is 5.69 Å². The van der Waals surface area contributed by atoms with E-state index in [4.69, 9.17) is 0 Å². The third kappa shape index (κ3) is 3.41. The Hall–Kier alpha value is -1.89. The summed E-state index contributed by atoms with van der Waals surface area (Å²) in [7, 11) is 1.48. The first-order chi connectivity index (χ1) is 9.80. The molecule has 1 aromatic carbocycles. The van der Waals surface area contributed by atoms with Crippen LogP contribution in [0.2, 0.25) is 0 Å². The molecule has 0 radical (unpaired) electrons. The number of benzene rings is 1. The van der Waals surface area contributed by atoms with Gasteiger partial charge in [0.05, 0.1) is 17.4 Å². The van der Waals surface area contributed by atoms with E-state index in [1.807, 2.05) is 0 Å². The first-order valence-electron chi connectivity index (χ1n) is 5.85. The van der Waals surface area contributed by atoms with Crippen molar-refractivity contribution in [2.75, 3.05) is 11.9 Å². The summed E-state index contributed by atoms with van der Waals surface area (Å²) in [6, 6.07) is 6.68. The van der Waals surface area contributed by atoms with E-state index >= 15 is 0 Å². The number of pyridine rings is 1. The van der Waals surface area contributed by atoms with Crippen LogP contribution in [0, 0.1) is 0 Å². The van der Waals surface area contributed by atoms with Crippen molar-refractivity contribution in [3.63, 3.8) is 0 Å². The van der Waals surface area contributed by atoms with Crippen molar-refractivity contribution >= 4 is 27.5 Å². The van der Waals surface area contributed by atoms with Crippen LogP contribution in [0.4, 0.5) is 18.9 Å². The second-order valence-corrected chi connectivity index (χ2v) is 5.12. The van der Waals surface area contributed by atoms with Crippen molar-refractivity contribution in [1.82, 2.24) is 4.98 Å². The van der Waals surface area contributed by atoms with E-state index in [9.17, 15) is 18.0 Å². The van der Waals surface area contributed by atoms with Gasteiger partial charge in [0.15, 0.2) is 0 Å². The topological polar surface area (TPSA) is 33.2 Å². The molecule has 3 nitrogen and oxygen atoms in total. The third-order valence-corrected chi connectivity index (χ3v) is 3.55. The van der Waals surface area contributed by atoms with Crippen molar-refractivity contribution in [1.29, 1.82) is 0 Å². The number of hydrogen-bond donors (Lipinski definition) is 0. The van der Waals surface area contributed by atoms with Gasteiger partial charge in [-0.25, -0.2) is 0 Å². The molecule has 0 N–H and O–H groups in total. The van der Waals surface area contributed by atoms with Gasteiger partial charge >= 0.3 is 6.18 Å². The van der Waals surface area contributed by atoms with E-state index in [2.05, 4.69) is 20.9 Å². The van der Waals surface area contributed by atoms with Crippen LogP contribution in [0.25, 0.3) is 0 Å². The fraction of sp³-hybridized carbons (Fsp3) is 0.143. The average Bonchev–Trinajstić information content (AvgIpc) is 2.46. The Morgan fingerprint density at radius 3 is 2.57 bits per heavy atom. The van der Waals surface area contributed by atoms with Crippen LogP contribution < -0.4 is 4.90 Å². The fourth-order valence-corrected chi connectivity index (χ4v) is 2.21. The summed E-state index contributed by atoms with van der Waals surface area (Å²) in [5.41, 5.74) is -0.427. The zero-order valence-electron chi connectivity index (χ0n) is 10.9. The normalized spacial score (nSPS) is 11.3. The number of rotatable bonds is 2. The summed E-state index contributed by atoms with van der Waals surface area (Å²) in [5, 5.41) is 0. The van der Waals surface area contributed by atoms with E-state index in [-0.39, 0.29) is 10.0 Å². The lowest BCUT2D eigenvalue weighted by atomic mass is 10.1. The Kier molecular flexibility index (Phi) is 4.32. The molecule has 0 bridgehead atoms. The summed E-state index contributed by atoms with van der Waals surface area (Å²) < 4.78 is 38.5. The highest BCUT2D eigenvalue weighted by Crippen LogP contribution is 2.35. The van der Waals surface area contributed by atoms with Crippen LogP contribution in [0.3, 0.4) is 0 Å². The Bertz CT molecular complexity index is 659. The lowest BCUT2D eigenvalue weighted by molar-refractivity contribution is -0.138. The SMILES string of the molecule is CN(C(=O)c1ccc(Br)c(C(F)(F)F)c1)c1cccnc1. The molecule has 0 aliphatic carbocycles. The van der Waals surface area contributed by atoms with Crippen LogP contribution in [-0.2, 0) is 6.18 Å². The Morgan fingerprint density at radius 1 is 1.29 bits per heavy atom. The molecule has 0 saturated carbocycles. The number of anilines is 1. The number of aromatic nitrogens is 1. The number of hydrogen-bond acceptors (Lipinski definition) is 2. The lowest BCUT2D eigenvalue weighted by Crippen LogP contribution is -2.26. The first-order valence-corrected chi connectivity index (χ1v) is 6.65. The number of carbonyl (C=O) groups is 1. The summed E-state index contributed by atoms with van der Waals surface area (Å²) in [5.74, 6) is -0.541. The second kappa shape index (κ2) is 5.85.